The van der Waals surface area contributed by atoms with Crippen molar-refractivity contribution in [3.05, 3.63) is 59.7 Å². The van der Waals surface area contributed by atoms with Crippen LogP contribution >= 0.6 is 0 Å². The summed E-state index contributed by atoms with van der Waals surface area (Å²) in [5, 5.41) is 11.9. The van der Waals surface area contributed by atoms with E-state index in [2.05, 4.69) is 10.3 Å². The van der Waals surface area contributed by atoms with Crippen LogP contribution in [0.5, 0.6) is 0 Å². The molecular formula is C16H17FN2O2. The van der Waals surface area contributed by atoms with E-state index in [0.717, 1.165) is 0 Å². The molecule has 0 aliphatic heterocycles. The van der Waals surface area contributed by atoms with Crippen molar-refractivity contribution in [2.45, 2.75) is 20.0 Å². The summed E-state index contributed by atoms with van der Waals surface area (Å²) in [6.07, 6.45) is 3.34. The molecule has 1 aromatic heterocycles. The van der Waals surface area contributed by atoms with Crippen molar-refractivity contribution in [1.82, 2.24) is 4.98 Å². The summed E-state index contributed by atoms with van der Waals surface area (Å²) < 4.78 is 13.6. The van der Waals surface area contributed by atoms with Crippen LogP contribution in [0.4, 0.5) is 10.1 Å². The molecule has 1 aromatic carbocycles. The number of benzene rings is 1. The number of halogens is 1. The average Bonchev–Trinajstić information content (AvgIpc) is 2.50. The predicted molar refractivity (Wildman–Crippen MR) is 78.1 cm³/mol. The fourth-order valence-electron chi connectivity index (χ4n) is 2.02. The Kier molecular flexibility index (Phi) is 5.00. The number of nitrogens with one attached hydrogen (secondary N) is 1. The number of aliphatic hydroxyl groups is 1. The lowest BCUT2D eigenvalue weighted by molar-refractivity contribution is -0.119. The lowest BCUT2D eigenvalue weighted by Crippen LogP contribution is -2.23. The normalized spacial score (nSPS) is 12.0. The van der Waals surface area contributed by atoms with E-state index in [-0.39, 0.29) is 18.3 Å². The van der Waals surface area contributed by atoms with Crippen molar-refractivity contribution in [1.29, 1.82) is 0 Å². The fraction of sp³-hybridized carbons (Fsp3) is 0.250. The summed E-state index contributed by atoms with van der Waals surface area (Å²) in [7, 11) is 0. The Morgan fingerprint density at radius 1 is 1.33 bits per heavy atom. The smallest absolute Gasteiger partial charge is 0.227 e. The first kappa shape index (κ1) is 15.1. The monoisotopic (exact) mass is 288 g/mol. The molecule has 0 fully saturated rings. The van der Waals surface area contributed by atoms with Gasteiger partial charge >= 0.3 is 0 Å². The Balaban J connectivity index is 2.05. The zero-order valence-corrected chi connectivity index (χ0v) is 11.7. The van der Waals surface area contributed by atoms with Crippen LogP contribution in [-0.2, 0) is 17.8 Å². The zero-order chi connectivity index (χ0) is 15.2. The number of carbonyl (C=O) groups is 1. The first-order valence-corrected chi connectivity index (χ1v) is 6.70. The highest BCUT2D eigenvalue weighted by Crippen LogP contribution is 2.17. The molecule has 0 saturated heterocycles. The van der Waals surface area contributed by atoms with Gasteiger partial charge in [-0.05, 0) is 24.1 Å². The number of anilines is 1. The maximum Gasteiger partial charge on any atom is 0.227 e. The Morgan fingerprint density at radius 2 is 2.10 bits per heavy atom. The lowest BCUT2D eigenvalue weighted by Gasteiger charge is -2.14. The molecule has 2 aromatic rings. The van der Waals surface area contributed by atoms with Gasteiger partial charge in [-0.15, -0.1) is 0 Å². The van der Waals surface area contributed by atoms with Crippen LogP contribution in [-0.4, -0.2) is 16.0 Å². The average molecular weight is 288 g/mol. The Bertz CT molecular complexity index is 631. The molecule has 2 rings (SSSR count). The largest absolute Gasteiger partial charge is 0.392 e. The minimum absolute atomic E-state index is 0.181. The number of nitrogens with zero attached hydrogens (tertiary/aromatic N) is 1. The van der Waals surface area contributed by atoms with Gasteiger partial charge in [0.05, 0.1) is 18.5 Å². The van der Waals surface area contributed by atoms with Crippen molar-refractivity contribution < 1.29 is 14.3 Å². The Morgan fingerprint density at radius 3 is 2.81 bits per heavy atom. The van der Waals surface area contributed by atoms with Gasteiger partial charge in [0.15, 0.2) is 0 Å². The second kappa shape index (κ2) is 6.95. The summed E-state index contributed by atoms with van der Waals surface area (Å²) >= 11 is 0. The van der Waals surface area contributed by atoms with Gasteiger partial charge in [-0.3, -0.25) is 9.78 Å². The lowest BCUT2D eigenvalue weighted by atomic mass is 10.00. The number of aromatic nitrogens is 1. The summed E-state index contributed by atoms with van der Waals surface area (Å²) in [5.74, 6) is -0.941. The third-order valence-corrected chi connectivity index (χ3v) is 3.27. The SMILES string of the molecule is CC(Cc1ccccc1F)C(=O)Nc1cnccc1CO. The molecule has 0 aliphatic rings. The zero-order valence-electron chi connectivity index (χ0n) is 11.7. The number of hydrogen-bond acceptors (Lipinski definition) is 3. The van der Waals surface area contributed by atoms with Gasteiger partial charge in [0.2, 0.25) is 5.91 Å². The van der Waals surface area contributed by atoms with Gasteiger partial charge in [-0.2, -0.15) is 0 Å². The van der Waals surface area contributed by atoms with Crippen LogP contribution in [0, 0.1) is 11.7 Å². The van der Waals surface area contributed by atoms with Crippen LogP contribution in [0.25, 0.3) is 0 Å². The van der Waals surface area contributed by atoms with E-state index in [1.165, 1.54) is 12.3 Å². The van der Waals surface area contributed by atoms with E-state index in [9.17, 15) is 14.3 Å². The molecular weight excluding hydrogens is 271 g/mol. The standard InChI is InChI=1S/C16H17FN2O2/c1-11(8-12-4-2-3-5-14(12)17)16(21)19-15-9-18-7-6-13(15)10-20/h2-7,9,11,20H,8,10H2,1H3,(H,19,21). The summed E-state index contributed by atoms with van der Waals surface area (Å²) in [6, 6.07) is 8.05. The Hall–Kier alpha value is -2.27. The molecule has 4 nitrogen and oxygen atoms in total. The highest BCUT2D eigenvalue weighted by molar-refractivity contribution is 5.93. The molecule has 0 saturated carbocycles. The van der Waals surface area contributed by atoms with Gasteiger partial charge in [0, 0.05) is 17.7 Å². The number of aliphatic hydroxyl groups excluding tert-OH is 1. The van der Waals surface area contributed by atoms with Crippen LogP contribution < -0.4 is 5.32 Å². The molecule has 21 heavy (non-hydrogen) atoms. The molecule has 5 heteroatoms. The molecule has 2 N–H and O–H groups in total. The Labute approximate surface area is 122 Å². The van der Waals surface area contributed by atoms with Crippen molar-refractivity contribution in [3.8, 4) is 0 Å². The van der Waals surface area contributed by atoms with Crippen molar-refractivity contribution in [2.24, 2.45) is 5.92 Å². The molecule has 1 heterocycles. The molecule has 1 atom stereocenters. The van der Waals surface area contributed by atoms with Crippen molar-refractivity contribution in [2.75, 3.05) is 5.32 Å². The fourth-order valence-corrected chi connectivity index (χ4v) is 2.02. The van der Waals surface area contributed by atoms with E-state index in [4.69, 9.17) is 0 Å². The number of carbonyl (C=O) groups excluding carboxylic acids is 1. The quantitative estimate of drug-likeness (QED) is 0.888. The molecule has 0 bridgehead atoms. The van der Waals surface area contributed by atoms with Gasteiger partial charge in [0.25, 0.3) is 0 Å². The summed E-state index contributed by atoms with van der Waals surface area (Å²) in [4.78, 5) is 16.1. The van der Waals surface area contributed by atoms with Crippen LogP contribution in [0.1, 0.15) is 18.1 Å². The number of hydrogen-bond donors (Lipinski definition) is 2. The molecule has 1 unspecified atom stereocenters. The van der Waals surface area contributed by atoms with Crippen LogP contribution in [0.2, 0.25) is 0 Å². The first-order chi connectivity index (χ1) is 10.1. The number of rotatable bonds is 5. The van der Waals surface area contributed by atoms with Crippen molar-refractivity contribution >= 4 is 11.6 Å². The van der Waals surface area contributed by atoms with E-state index < -0.39 is 5.92 Å². The minimum Gasteiger partial charge on any atom is -0.392 e. The van der Waals surface area contributed by atoms with Crippen molar-refractivity contribution in [3.63, 3.8) is 0 Å². The van der Waals surface area contributed by atoms with E-state index in [1.54, 1.807) is 37.4 Å². The van der Waals surface area contributed by atoms with E-state index >= 15 is 0 Å². The first-order valence-electron chi connectivity index (χ1n) is 6.70. The van der Waals surface area contributed by atoms with E-state index in [0.29, 0.717) is 23.2 Å². The molecule has 0 aliphatic carbocycles. The third kappa shape index (κ3) is 3.86. The van der Waals surface area contributed by atoms with E-state index in [1.807, 2.05) is 0 Å². The predicted octanol–water partition coefficient (Wildman–Crippen LogP) is 2.53. The minimum atomic E-state index is -0.395. The maximum absolute atomic E-state index is 13.6. The number of amides is 1. The summed E-state index contributed by atoms with van der Waals surface area (Å²) in [5.41, 5.74) is 1.58. The maximum atomic E-state index is 13.6. The molecule has 0 radical (unpaired) electrons. The second-order valence-electron chi connectivity index (χ2n) is 4.88. The van der Waals surface area contributed by atoms with Gasteiger partial charge in [-0.1, -0.05) is 25.1 Å². The molecule has 1 amide bonds. The van der Waals surface area contributed by atoms with Gasteiger partial charge in [0.1, 0.15) is 5.82 Å². The second-order valence-corrected chi connectivity index (χ2v) is 4.88. The van der Waals surface area contributed by atoms with Crippen LogP contribution in [0.3, 0.4) is 0 Å². The molecule has 0 spiro atoms. The van der Waals surface area contributed by atoms with Gasteiger partial charge < -0.3 is 10.4 Å². The van der Waals surface area contributed by atoms with Crippen LogP contribution in [0.15, 0.2) is 42.7 Å². The van der Waals surface area contributed by atoms with Gasteiger partial charge in [-0.25, -0.2) is 4.39 Å². The summed E-state index contributed by atoms with van der Waals surface area (Å²) in [6.45, 7) is 1.55. The third-order valence-electron chi connectivity index (χ3n) is 3.27. The highest BCUT2D eigenvalue weighted by atomic mass is 19.1. The molecule has 110 valence electrons. The topological polar surface area (TPSA) is 62.2 Å². The number of pyridine rings is 1. The highest BCUT2D eigenvalue weighted by Gasteiger charge is 2.16.